The molecular formula is C10H7Cl2N3O3S2. The normalized spacial score (nSPS) is 11.3. The van der Waals surface area contributed by atoms with Crippen LogP contribution in [0.15, 0.2) is 23.1 Å². The number of anilines is 1. The lowest BCUT2D eigenvalue weighted by Crippen LogP contribution is -2.11. The topological polar surface area (TPSA) is 89.0 Å². The van der Waals surface area contributed by atoms with Crippen molar-refractivity contribution in [3.63, 3.8) is 0 Å². The van der Waals surface area contributed by atoms with Crippen LogP contribution in [0.1, 0.15) is 15.4 Å². The van der Waals surface area contributed by atoms with Crippen molar-refractivity contribution in [2.45, 2.75) is 11.8 Å². The minimum Gasteiger partial charge on any atom is -0.321 e. The molecule has 0 unspecified atom stereocenters. The van der Waals surface area contributed by atoms with E-state index in [0.29, 0.717) is 16.3 Å². The second kappa shape index (κ2) is 5.65. The number of hydrogen-bond acceptors (Lipinski definition) is 6. The molecule has 1 N–H and O–H groups in total. The highest BCUT2D eigenvalue weighted by atomic mass is 35.7. The molecule has 1 aromatic heterocycles. The van der Waals surface area contributed by atoms with Crippen LogP contribution in [-0.2, 0) is 9.05 Å². The maximum absolute atomic E-state index is 11.9. The summed E-state index contributed by atoms with van der Waals surface area (Å²) >= 11 is 6.78. The first-order valence-electron chi connectivity index (χ1n) is 5.13. The number of benzene rings is 1. The predicted molar refractivity (Wildman–Crippen MR) is 77.1 cm³/mol. The second-order valence-electron chi connectivity index (χ2n) is 3.72. The Morgan fingerprint density at radius 2 is 2.10 bits per heavy atom. The summed E-state index contributed by atoms with van der Waals surface area (Å²) in [5, 5.41) is 6.23. The zero-order chi connectivity index (χ0) is 14.9. The van der Waals surface area contributed by atoms with E-state index < -0.39 is 15.0 Å². The molecule has 2 rings (SSSR count). The van der Waals surface area contributed by atoms with Gasteiger partial charge in [0.25, 0.3) is 15.0 Å². The smallest absolute Gasteiger partial charge is 0.269 e. The van der Waals surface area contributed by atoms with Crippen LogP contribution in [0.5, 0.6) is 0 Å². The third-order valence-corrected chi connectivity index (χ3v) is 4.94. The number of hydrogen-bond donors (Lipinski definition) is 1. The van der Waals surface area contributed by atoms with Gasteiger partial charge in [-0.2, -0.15) is 0 Å². The van der Waals surface area contributed by atoms with Crippen LogP contribution in [0.4, 0.5) is 5.69 Å². The summed E-state index contributed by atoms with van der Waals surface area (Å²) in [5.41, 5.74) is 0.857. The van der Waals surface area contributed by atoms with Gasteiger partial charge in [0.1, 0.15) is 9.77 Å². The third kappa shape index (κ3) is 3.26. The van der Waals surface area contributed by atoms with E-state index in [-0.39, 0.29) is 9.92 Å². The van der Waals surface area contributed by atoms with Gasteiger partial charge in [-0.3, -0.25) is 4.79 Å². The molecule has 0 radical (unpaired) electrons. The first kappa shape index (κ1) is 15.2. The molecule has 0 fully saturated rings. The zero-order valence-corrected chi connectivity index (χ0v) is 13.1. The van der Waals surface area contributed by atoms with E-state index in [1.807, 2.05) is 0 Å². The zero-order valence-electron chi connectivity index (χ0n) is 9.92. The number of rotatable bonds is 3. The molecule has 10 heteroatoms. The van der Waals surface area contributed by atoms with Crippen molar-refractivity contribution in [1.29, 1.82) is 0 Å². The minimum absolute atomic E-state index is 0.0723. The Kier molecular flexibility index (Phi) is 4.28. The van der Waals surface area contributed by atoms with Crippen LogP contribution in [-0.4, -0.2) is 23.9 Å². The van der Waals surface area contributed by atoms with E-state index in [4.69, 9.17) is 22.3 Å². The fourth-order valence-electron chi connectivity index (χ4n) is 1.40. The van der Waals surface area contributed by atoms with E-state index >= 15 is 0 Å². The van der Waals surface area contributed by atoms with Gasteiger partial charge in [-0.1, -0.05) is 16.1 Å². The van der Waals surface area contributed by atoms with Crippen molar-refractivity contribution >= 4 is 54.5 Å². The van der Waals surface area contributed by atoms with Gasteiger partial charge in [-0.15, -0.1) is 5.10 Å². The first-order valence-corrected chi connectivity index (χ1v) is 8.59. The SMILES string of the molecule is Cc1nnsc1C(=O)Nc1ccc(S(=O)(=O)Cl)c(Cl)c1. The summed E-state index contributed by atoms with van der Waals surface area (Å²) in [7, 11) is 1.29. The van der Waals surface area contributed by atoms with Crippen molar-refractivity contribution in [2.75, 3.05) is 5.32 Å². The largest absolute Gasteiger partial charge is 0.321 e. The summed E-state index contributed by atoms with van der Waals surface area (Å²) in [6.07, 6.45) is 0. The molecule has 0 saturated heterocycles. The van der Waals surface area contributed by atoms with E-state index in [2.05, 4.69) is 14.9 Å². The molecule has 1 amide bonds. The van der Waals surface area contributed by atoms with E-state index in [1.165, 1.54) is 18.2 Å². The van der Waals surface area contributed by atoms with Crippen LogP contribution < -0.4 is 5.32 Å². The molecule has 0 aliphatic carbocycles. The summed E-state index contributed by atoms with van der Waals surface area (Å²) in [6, 6.07) is 3.92. The molecule has 0 bridgehead atoms. The summed E-state index contributed by atoms with van der Waals surface area (Å²) in [6.45, 7) is 1.66. The van der Waals surface area contributed by atoms with E-state index in [9.17, 15) is 13.2 Å². The van der Waals surface area contributed by atoms with Crippen molar-refractivity contribution in [3.8, 4) is 0 Å². The Hall–Kier alpha value is -1.22. The molecule has 20 heavy (non-hydrogen) atoms. The number of aromatic nitrogens is 2. The van der Waals surface area contributed by atoms with Gasteiger partial charge >= 0.3 is 0 Å². The molecule has 0 atom stereocenters. The van der Waals surface area contributed by atoms with Crippen molar-refractivity contribution in [1.82, 2.24) is 9.59 Å². The Balaban J connectivity index is 2.26. The van der Waals surface area contributed by atoms with Crippen LogP contribution in [0.3, 0.4) is 0 Å². The minimum atomic E-state index is -3.92. The van der Waals surface area contributed by atoms with Gasteiger partial charge in [0.05, 0.1) is 10.7 Å². The van der Waals surface area contributed by atoms with Gasteiger partial charge in [0.15, 0.2) is 0 Å². The lowest BCUT2D eigenvalue weighted by atomic mass is 10.3. The number of carbonyl (C=O) groups is 1. The van der Waals surface area contributed by atoms with Gasteiger partial charge in [-0.25, -0.2) is 8.42 Å². The highest BCUT2D eigenvalue weighted by Crippen LogP contribution is 2.27. The number of carbonyl (C=O) groups excluding carboxylic acids is 1. The molecule has 0 saturated carbocycles. The molecule has 2 aromatic rings. The standard InChI is InChI=1S/C10H7Cl2N3O3S2/c1-5-9(19-15-14-5)10(16)13-6-2-3-8(7(11)4-6)20(12,17)18/h2-4H,1H3,(H,13,16). The Bertz CT molecular complexity index is 774. The molecule has 0 aliphatic heterocycles. The van der Waals surface area contributed by atoms with Gasteiger partial charge in [0, 0.05) is 16.4 Å². The number of amides is 1. The van der Waals surface area contributed by atoms with Crippen LogP contribution in [0.25, 0.3) is 0 Å². The molecule has 0 aliphatic rings. The van der Waals surface area contributed by atoms with E-state index in [1.54, 1.807) is 6.92 Å². The molecule has 1 aromatic carbocycles. The summed E-state index contributed by atoms with van der Waals surface area (Å²) in [5.74, 6) is -0.393. The van der Waals surface area contributed by atoms with Crippen molar-refractivity contribution in [2.24, 2.45) is 0 Å². The highest BCUT2D eigenvalue weighted by molar-refractivity contribution is 8.13. The third-order valence-electron chi connectivity index (χ3n) is 2.31. The fourth-order valence-corrected chi connectivity index (χ4v) is 3.49. The number of nitrogens with zero attached hydrogens (tertiary/aromatic N) is 2. The van der Waals surface area contributed by atoms with Crippen LogP contribution in [0.2, 0.25) is 5.02 Å². The fraction of sp³-hybridized carbons (Fsp3) is 0.100. The number of nitrogens with one attached hydrogen (secondary N) is 1. The Morgan fingerprint density at radius 1 is 1.40 bits per heavy atom. The lowest BCUT2D eigenvalue weighted by molar-refractivity contribution is 0.103. The first-order chi connectivity index (χ1) is 9.29. The highest BCUT2D eigenvalue weighted by Gasteiger charge is 2.17. The average molecular weight is 352 g/mol. The second-order valence-corrected chi connectivity index (χ2v) is 7.42. The molecule has 106 valence electrons. The van der Waals surface area contributed by atoms with Crippen LogP contribution in [0, 0.1) is 6.92 Å². The lowest BCUT2D eigenvalue weighted by Gasteiger charge is -2.06. The van der Waals surface area contributed by atoms with Gasteiger partial charge in [-0.05, 0) is 36.7 Å². The maximum Gasteiger partial charge on any atom is 0.269 e. The Labute approximate surface area is 128 Å². The Morgan fingerprint density at radius 3 is 2.60 bits per heavy atom. The maximum atomic E-state index is 11.9. The van der Waals surface area contributed by atoms with Crippen molar-refractivity contribution in [3.05, 3.63) is 33.8 Å². The quantitative estimate of drug-likeness (QED) is 0.858. The monoisotopic (exact) mass is 351 g/mol. The van der Waals surface area contributed by atoms with Gasteiger partial charge in [0.2, 0.25) is 0 Å². The molecule has 1 heterocycles. The van der Waals surface area contributed by atoms with E-state index in [0.717, 1.165) is 11.5 Å². The van der Waals surface area contributed by atoms with Crippen LogP contribution >= 0.6 is 33.8 Å². The summed E-state index contributed by atoms with van der Waals surface area (Å²) < 4.78 is 26.1. The van der Waals surface area contributed by atoms with Crippen molar-refractivity contribution < 1.29 is 13.2 Å². The number of aryl methyl sites for hydroxylation is 1. The predicted octanol–water partition coefficient (Wildman–Crippen LogP) is 2.68. The average Bonchev–Trinajstić information content (AvgIpc) is 2.73. The van der Waals surface area contributed by atoms with Gasteiger partial charge < -0.3 is 5.32 Å². The molecule has 6 nitrogen and oxygen atoms in total. The molecule has 0 spiro atoms. The molecular weight excluding hydrogens is 345 g/mol. The number of halogens is 2. The summed E-state index contributed by atoms with van der Waals surface area (Å²) in [4.78, 5) is 12.1.